The van der Waals surface area contributed by atoms with Gasteiger partial charge in [-0.15, -0.1) is 0 Å². The normalized spacial score (nSPS) is 10.6. The molecule has 1 heterocycles. The third-order valence-corrected chi connectivity index (χ3v) is 3.53. The Balaban J connectivity index is 2.02. The number of hydrogen-bond donors (Lipinski definition) is 1. The van der Waals surface area contributed by atoms with Crippen molar-refractivity contribution >= 4 is 34.1 Å². The first kappa shape index (κ1) is 14.3. The maximum atomic E-state index is 12.4. The van der Waals surface area contributed by atoms with E-state index in [-0.39, 0.29) is 11.1 Å². The van der Waals surface area contributed by atoms with Crippen molar-refractivity contribution in [2.24, 2.45) is 7.05 Å². The van der Waals surface area contributed by atoms with E-state index in [4.69, 9.17) is 11.6 Å². The number of fused-ring (bicyclic) bond motifs is 1. The van der Waals surface area contributed by atoms with Gasteiger partial charge in [0.25, 0.3) is 5.91 Å². The summed E-state index contributed by atoms with van der Waals surface area (Å²) in [5, 5.41) is 7.75. The molecule has 0 aliphatic rings. The molecule has 0 fully saturated rings. The summed E-state index contributed by atoms with van der Waals surface area (Å²) >= 11 is 5.80. The fourth-order valence-corrected chi connectivity index (χ4v) is 2.32. The van der Waals surface area contributed by atoms with Gasteiger partial charge in [0.1, 0.15) is 0 Å². The zero-order valence-corrected chi connectivity index (χ0v) is 12.5. The number of hydrogen-bond acceptors (Lipinski definition) is 3. The van der Waals surface area contributed by atoms with E-state index >= 15 is 0 Å². The molecule has 110 valence electrons. The maximum Gasteiger partial charge on any atom is 0.280 e. The number of nitrogens with one attached hydrogen (secondary N) is 1. The lowest BCUT2D eigenvalue weighted by atomic mass is 10.2. The van der Waals surface area contributed by atoms with Crippen LogP contribution in [-0.4, -0.2) is 15.7 Å². The van der Waals surface area contributed by atoms with E-state index < -0.39 is 5.91 Å². The number of amides is 1. The third kappa shape index (κ3) is 2.58. The quantitative estimate of drug-likeness (QED) is 0.791. The summed E-state index contributed by atoms with van der Waals surface area (Å²) in [7, 11) is 1.70. The lowest BCUT2D eigenvalue weighted by Crippen LogP contribution is -2.26. The number of rotatable bonds is 2. The van der Waals surface area contributed by atoms with E-state index in [0.29, 0.717) is 21.6 Å². The second kappa shape index (κ2) is 5.61. The number of carbonyl (C=O) groups is 1. The summed E-state index contributed by atoms with van der Waals surface area (Å²) in [6.07, 6.45) is 0. The lowest BCUT2D eigenvalue weighted by molar-refractivity contribution is 0.101. The number of benzene rings is 2. The van der Waals surface area contributed by atoms with Crippen LogP contribution >= 0.6 is 11.6 Å². The first-order valence-corrected chi connectivity index (χ1v) is 6.97. The van der Waals surface area contributed by atoms with Crippen LogP contribution in [0, 0.1) is 0 Å². The first-order chi connectivity index (χ1) is 10.6. The van der Waals surface area contributed by atoms with Crippen molar-refractivity contribution in [2.45, 2.75) is 0 Å². The molecule has 1 N–H and O–H groups in total. The van der Waals surface area contributed by atoms with Gasteiger partial charge in [-0.05, 0) is 36.4 Å². The molecule has 0 aliphatic carbocycles. The fraction of sp³-hybridized carbons (Fsp3) is 0.0625. The molecule has 2 aromatic carbocycles. The molecule has 1 amide bonds. The second-order valence-electron chi connectivity index (χ2n) is 4.78. The molecule has 3 aromatic rings. The molecule has 0 aliphatic heterocycles. The van der Waals surface area contributed by atoms with Crippen LogP contribution in [0.1, 0.15) is 10.5 Å². The van der Waals surface area contributed by atoms with Gasteiger partial charge in [-0.1, -0.05) is 23.7 Å². The number of para-hydroxylation sites is 1. The molecule has 0 atom stereocenters. The van der Waals surface area contributed by atoms with Crippen molar-refractivity contribution in [1.29, 1.82) is 0 Å². The summed E-state index contributed by atoms with van der Waals surface area (Å²) in [5.41, 5.74) is 0.693. The van der Waals surface area contributed by atoms with Crippen LogP contribution in [0.5, 0.6) is 0 Å². The number of nitrogens with zero attached hydrogens (tertiary/aromatic N) is 2. The van der Waals surface area contributed by atoms with Crippen LogP contribution in [0.2, 0.25) is 5.02 Å². The number of aromatic nitrogens is 2. The highest BCUT2D eigenvalue weighted by Gasteiger charge is 2.16. The Bertz CT molecular complexity index is 917. The Labute approximate surface area is 131 Å². The molecule has 0 saturated carbocycles. The predicted octanol–water partition coefficient (Wildman–Crippen LogP) is 2.84. The third-order valence-electron chi connectivity index (χ3n) is 3.28. The molecule has 22 heavy (non-hydrogen) atoms. The lowest BCUT2D eigenvalue weighted by Gasteiger charge is -2.08. The van der Waals surface area contributed by atoms with Crippen LogP contribution in [0.25, 0.3) is 10.9 Å². The zero-order chi connectivity index (χ0) is 15.7. The first-order valence-electron chi connectivity index (χ1n) is 6.59. The molecular formula is C16H12ClN3O2. The van der Waals surface area contributed by atoms with Gasteiger partial charge in [-0.2, -0.15) is 5.10 Å². The van der Waals surface area contributed by atoms with Gasteiger partial charge in [-0.25, -0.2) is 0 Å². The van der Waals surface area contributed by atoms with Gasteiger partial charge in [0.05, 0.1) is 5.52 Å². The van der Waals surface area contributed by atoms with Gasteiger partial charge in [0, 0.05) is 23.1 Å². The van der Waals surface area contributed by atoms with Crippen molar-refractivity contribution in [3.63, 3.8) is 0 Å². The maximum absolute atomic E-state index is 12.4. The van der Waals surface area contributed by atoms with Crippen LogP contribution in [-0.2, 0) is 7.05 Å². The SMILES string of the molecule is Cn1nc(C(=O)Nc2ccc(Cl)cc2)c(=O)c2ccccc21. The van der Waals surface area contributed by atoms with Gasteiger partial charge in [0.2, 0.25) is 5.43 Å². The van der Waals surface area contributed by atoms with E-state index in [9.17, 15) is 9.59 Å². The Morgan fingerprint density at radius 1 is 1.14 bits per heavy atom. The van der Waals surface area contributed by atoms with Crippen molar-refractivity contribution in [3.05, 3.63) is 69.5 Å². The Morgan fingerprint density at radius 2 is 1.82 bits per heavy atom. The second-order valence-corrected chi connectivity index (χ2v) is 5.22. The molecule has 0 spiro atoms. The molecule has 1 aromatic heterocycles. The molecule has 6 heteroatoms. The predicted molar refractivity (Wildman–Crippen MR) is 86.4 cm³/mol. The molecule has 0 unspecified atom stereocenters. The van der Waals surface area contributed by atoms with Crippen molar-refractivity contribution in [1.82, 2.24) is 9.78 Å². The Hall–Kier alpha value is -2.66. The van der Waals surface area contributed by atoms with Gasteiger partial charge >= 0.3 is 0 Å². The standard InChI is InChI=1S/C16H12ClN3O2/c1-20-13-5-3-2-4-12(13)15(21)14(19-20)16(22)18-11-8-6-10(17)7-9-11/h2-9H,1H3,(H,18,22). The summed E-state index contributed by atoms with van der Waals surface area (Å²) in [5.74, 6) is -0.548. The Morgan fingerprint density at radius 3 is 2.55 bits per heavy atom. The molecular weight excluding hydrogens is 302 g/mol. The van der Waals surface area contributed by atoms with Crippen LogP contribution < -0.4 is 10.7 Å². The number of anilines is 1. The smallest absolute Gasteiger partial charge is 0.280 e. The van der Waals surface area contributed by atoms with E-state index in [1.165, 1.54) is 4.68 Å². The highest BCUT2D eigenvalue weighted by Crippen LogP contribution is 2.14. The molecule has 5 nitrogen and oxygen atoms in total. The van der Waals surface area contributed by atoms with Crippen LogP contribution in [0.15, 0.2) is 53.3 Å². The van der Waals surface area contributed by atoms with Crippen LogP contribution in [0.3, 0.4) is 0 Å². The van der Waals surface area contributed by atoms with E-state index in [1.807, 2.05) is 6.07 Å². The average molecular weight is 314 g/mol. The topological polar surface area (TPSA) is 64.0 Å². The minimum Gasteiger partial charge on any atom is -0.320 e. The van der Waals surface area contributed by atoms with Gasteiger partial charge < -0.3 is 5.32 Å². The van der Waals surface area contributed by atoms with Crippen molar-refractivity contribution in [2.75, 3.05) is 5.32 Å². The highest BCUT2D eigenvalue weighted by atomic mass is 35.5. The van der Waals surface area contributed by atoms with Crippen molar-refractivity contribution in [3.8, 4) is 0 Å². The van der Waals surface area contributed by atoms with E-state index in [2.05, 4.69) is 10.4 Å². The summed E-state index contributed by atoms with van der Waals surface area (Å²) in [4.78, 5) is 24.7. The number of carbonyl (C=O) groups excluding carboxylic acids is 1. The highest BCUT2D eigenvalue weighted by molar-refractivity contribution is 6.30. The average Bonchev–Trinajstić information content (AvgIpc) is 2.53. The molecule has 0 radical (unpaired) electrons. The Kier molecular flexibility index (Phi) is 3.65. The van der Waals surface area contributed by atoms with E-state index in [1.54, 1.807) is 49.5 Å². The molecule has 3 rings (SSSR count). The zero-order valence-electron chi connectivity index (χ0n) is 11.7. The summed E-state index contributed by atoms with van der Waals surface area (Å²) < 4.78 is 1.52. The fourth-order valence-electron chi connectivity index (χ4n) is 2.20. The molecule has 0 saturated heterocycles. The number of halogens is 1. The monoisotopic (exact) mass is 313 g/mol. The minimum absolute atomic E-state index is 0.142. The van der Waals surface area contributed by atoms with Gasteiger partial charge in [-0.3, -0.25) is 14.3 Å². The minimum atomic E-state index is -0.548. The largest absolute Gasteiger partial charge is 0.320 e. The molecule has 0 bridgehead atoms. The van der Waals surface area contributed by atoms with Crippen LogP contribution in [0.4, 0.5) is 5.69 Å². The van der Waals surface area contributed by atoms with Gasteiger partial charge in [0.15, 0.2) is 5.69 Å². The van der Waals surface area contributed by atoms with E-state index in [0.717, 1.165) is 0 Å². The van der Waals surface area contributed by atoms with Crippen molar-refractivity contribution < 1.29 is 4.79 Å². The number of aryl methyl sites for hydroxylation is 1. The summed E-state index contributed by atoms with van der Waals surface area (Å²) in [6, 6.07) is 13.7. The summed E-state index contributed by atoms with van der Waals surface area (Å²) in [6.45, 7) is 0.